The molecule has 0 spiro atoms. The van der Waals surface area contributed by atoms with E-state index < -0.39 is 49.4 Å². The molecule has 6 atom stereocenters. The maximum atomic E-state index is 12.7. The van der Waals surface area contributed by atoms with Gasteiger partial charge < -0.3 is 39.4 Å². The first-order valence-electron chi connectivity index (χ1n) is 21.8. The molecular formula is C43H80O10. The number of hydrogen-bond acceptors (Lipinski definition) is 10. The molecule has 1 heterocycles. The fraction of sp³-hybridized carbons (Fsp3) is 0.907. The topological polar surface area (TPSA) is 152 Å². The van der Waals surface area contributed by atoms with Crippen molar-refractivity contribution in [2.24, 2.45) is 0 Å². The Hall–Kier alpha value is -1.56. The summed E-state index contributed by atoms with van der Waals surface area (Å²) in [5.41, 5.74) is 0. The molecule has 1 rings (SSSR count). The number of allylic oxidation sites excluding steroid dienone is 2. The molecule has 1 aliphatic rings. The Bertz CT molecular complexity index is 881. The molecule has 0 radical (unpaired) electrons. The Labute approximate surface area is 322 Å². The van der Waals surface area contributed by atoms with Crippen LogP contribution in [0.25, 0.3) is 0 Å². The van der Waals surface area contributed by atoms with E-state index >= 15 is 0 Å². The molecule has 312 valence electrons. The minimum Gasteiger partial charge on any atom is -0.462 e. The van der Waals surface area contributed by atoms with Crippen molar-refractivity contribution < 1.29 is 49.0 Å². The number of aliphatic hydroxyl groups is 4. The third kappa shape index (κ3) is 26.8. The van der Waals surface area contributed by atoms with E-state index in [1.807, 2.05) is 0 Å². The lowest BCUT2D eigenvalue weighted by atomic mass is 9.99. The predicted octanol–water partition coefficient (Wildman–Crippen LogP) is 8.78. The summed E-state index contributed by atoms with van der Waals surface area (Å²) in [4.78, 5) is 25.3. The summed E-state index contributed by atoms with van der Waals surface area (Å²) >= 11 is 0. The Kier molecular flexibility index (Phi) is 32.6. The molecule has 10 heteroatoms. The molecule has 0 saturated carbocycles. The van der Waals surface area contributed by atoms with E-state index in [0.29, 0.717) is 6.42 Å². The summed E-state index contributed by atoms with van der Waals surface area (Å²) in [5, 5.41) is 40.0. The Morgan fingerprint density at radius 3 is 1.49 bits per heavy atom. The lowest BCUT2D eigenvalue weighted by molar-refractivity contribution is -0.305. The highest BCUT2D eigenvalue weighted by atomic mass is 16.7. The van der Waals surface area contributed by atoms with Gasteiger partial charge in [0.05, 0.1) is 13.2 Å². The van der Waals surface area contributed by atoms with Gasteiger partial charge in [-0.15, -0.1) is 0 Å². The van der Waals surface area contributed by atoms with Crippen LogP contribution in [-0.4, -0.2) is 89.0 Å². The lowest BCUT2D eigenvalue weighted by Crippen LogP contribution is -2.59. The number of hydrogen-bond donors (Lipinski definition) is 4. The van der Waals surface area contributed by atoms with E-state index in [1.54, 1.807) is 0 Å². The maximum absolute atomic E-state index is 12.7. The standard InChI is InChI=1S/C43H80O10/c1-3-5-7-9-11-13-15-17-18-20-22-24-26-28-30-32-39(46)52-36(35-51-43-42(49)41(48)40(47)37(33-44)53-43)34-50-38(45)31-29-27-25-23-21-19-16-14-12-10-8-6-4-2/h13,15,36-37,40-44,47-49H,3-12,14,16-35H2,1-2H3/b15-13+/t36-,37-,40+,41?,42?,43-/m1/s1. The van der Waals surface area contributed by atoms with Crippen molar-refractivity contribution >= 4 is 11.9 Å². The highest BCUT2D eigenvalue weighted by Crippen LogP contribution is 2.23. The van der Waals surface area contributed by atoms with Crippen molar-refractivity contribution in [2.45, 2.75) is 230 Å². The number of rotatable bonds is 36. The Morgan fingerprint density at radius 1 is 0.566 bits per heavy atom. The third-order valence-corrected chi connectivity index (χ3v) is 10.2. The minimum absolute atomic E-state index is 0.214. The summed E-state index contributed by atoms with van der Waals surface area (Å²) < 4.78 is 22.1. The van der Waals surface area contributed by atoms with Gasteiger partial charge >= 0.3 is 11.9 Å². The lowest BCUT2D eigenvalue weighted by Gasteiger charge is -2.39. The van der Waals surface area contributed by atoms with Gasteiger partial charge in [-0.3, -0.25) is 9.59 Å². The van der Waals surface area contributed by atoms with Crippen LogP contribution in [-0.2, 0) is 28.5 Å². The molecule has 2 unspecified atom stereocenters. The molecule has 1 aliphatic heterocycles. The van der Waals surface area contributed by atoms with Crippen molar-refractivity contribution in [3.63, 3.8) is 0 Å². The smallest absolute Gasteiger partial charge is 0.306 e. The minimum atomic E-state index is -1.59. The molecule has 4 N–H and O–H groups in total. The van der Waals surface area contributed by atoms with Crippen LogP contribution in [0.4, 0.5) is 0 Å². The van der Waals surface area contributed by atoms with Crippen molar-refractivity contribution in [2.75, 3.05) is 19.8 Å². The zero-order valence-electron chi connectivity index (χ0n) is 33.8. The molecule has 0 aliphatic carbocycles. The number of carbonyl (C=O) groups is 2. The van der Waals surface area contributed by atoms with Crippen LogP contribution in [0.2, 0.25) is 0 Å². The first kappa shape index (κ1) is 49.5. The van der Waals surface area contributed by atoms with Gasteiger partial charge in [-0.25, -0.2) is 0 Å². The first-order chi connectivity index (χ1) is 25.8. The molecule has 0 bridgehead atoms. The van der Waals surface area contributed by atoms with E-state index in [-0.39, 0.29) is 32.0 Å². The van der Waals surface area contributed by atoms with E-state index in [9.17, 15) is 30.0 Å². The summed E-state index contributed by atoms with van der Waals surface area (Å²) in [6, 6.07) is 0. The molecule has 0 aromatic carbocycles. The second-order valence-corrected chi connectivity index (χ2v) is 15.2. The monoisotopic (exact) mass is 757 g/mol. The average Bonchev–Trinajstić information content (AvgIpc) is 3.15. The molecule has 0 amide bonds. The van der Waals surface area contributed by atoms with Gasteiger partial charge in [-0.1, -0.05) is 154 Å². The van der Waals surface area contributed by atoms with Gasteiger partial charge in [0.25, 0.3) is 0 Å². The van der Waals surface area contributed by atoms with Crippen LogP contribution in [0.3, 0.4) is 0 Å². The van der Waals surface area contributed by atoms with E-state index in [1.165, 1.54) is 116 Å². The average molecular weight is 757 g/mol. The van der Waals surface area contributed by atoms with E-state index in [0.717, 1.165) is 44.9 Å². The second kappa shape index (κ2) is 34.9. The SMILES string of the molecule is CCCCCC/C=C/CCCCCCCCCC(=O)O[C@H](COC(=O)CCCCCCCCCCCCCCC)CO[C@@H]1O[C@H](CO)[C@H](O)C(O)C1O. The number of unbranched alkanes of at least 4 members (excludes halogenated alkanes) is 23. The van der Waals surface area contributed by atoms with Crippen LogP contribution in [0, 0.1) is 0 Å². The Morgan fingerprint density at radius 2 is 1.00 bits per heavy atom. The van der Waals surface area contributed by atoms with Crippen molar-refractivity contribution in [3.8, 4) is 0 Å². The quantitative estimate of drug-likeness (QED) is 0.0277. The number of carbonyl (C=O) groups excluding carboxylic acids is 2. The number of aliphatic hydroxyl groups excluding tert-OH is 4. The first-order valence-corrected chi connectivity index (χ1v) is 21.8. The van der Waals surface area contributed by atoms with Gasteiger partial charge in [0.2, 0.25) is 0 Å². The molecule has 0 aromatic rings. The van der Waals surface area contributed by atoms with Gasteiger partial charge in [-0.2, -0.15) is 0 Å². The molecular weight excluding hydrogens is 676 g/mol. The largest absolute Gasteiger partial charge is 0.462 e. The van der Waals surface area contributed by atoms with Crippen LogP contribution in [0.15, 0.2) is 12.2 Å². The number of ether oxygens (including phenoxy) is 4. The predicted molar refractivity (Wildman–Crippen MR) is 210 cm³/mol. The second-order valence-electron chi connectivity index (χ2n) is 15.2. The molecule has 0 aromatic heterocycles. The summed E-state index contributed by atoms with van der Waals surface area (Å²) in [7, 11) is 0. The summed E-state index contributed by atoms with van der Waals surface area (Å²) in [6.07, 6.45) is 27.8. The molecule has 1 saturated heterocycles. The zero-order valence-corrected chi connectivity index (χ0v) is 33.8. The van der Waals surface area contributed by atoms with Gasteiger partial charge in [-0.05, 0) is 38.5 Å². The summed E-state index contributed by atoms with van der Waals surface area (Å²) in [5.74, 6) is -0.804. The Balaban J connectivity index is 2.34. The fourth-order valence-electron chi connectivity index (χ4n) is 6.65. The zero-order chi connectivity index (χ0) is 38.8. The highest BCUT2D eigenvalue weighted by molar-refractivity contribution is 5.70. The van der Waals surface area contributed by atoms with Crippen LogP contribution < -0.4 is 0 Å². The molecule has 53 heavy (non-hydrogen) atoms. The van der Waals surface area contributed by atoms with Crippen molar-refractivity contribution in [1.29, 1.82) is 0 Å². The summed E-state index contributed by atoms with van der Waals surface area (Å²) in [6.45, 7) is 3.41. The van der Waals surface area contributed by atoms with Crippen molar-refractivity contribution in [3.05, 3.63) is 12.2 Å². The van der Waals surface area contributed by atoms with Gasteiger partial charge in [0.15, 0.2) is 12.4 Å². The van der Waals surface area contributed by atoms with Crippen LogP contribution in [0.1, 0.15) is 194 Å². The van der Waals surface area contributed by atoms with Crippen molar-refractivity contribution in [1.82, 2.24) is 0 Å². The van der Waals surface area contributed by atoms with E-state index in [4.69, 9.17) is 18.9 Å². The van der Waals surface area contributed by atoms with Gasteiger partial charge in [0, 0.05) is 12.8 Å². The van der Waals surface area contributed by atoms with E-state index in [2.05, 4.69) is 26.0 Å². The fourth-order valence-corrected chi connectivity index (χ4v) is 6.65. The normalized spacial score (nSPS) is 20.9. The van der Waals surface area contributed by atoms with Gasteiger partial charge in [0.1, 0.15) is 31.0 Å². The highest BCUT2D eigenvalue weighted by Gasteiger charge is 2.44. The maximum Gasteiger partial charge on any atom is 0.306 e. The number of esters is 2. The third-order valence-electron chi connectivity index (χ3n) is 10.2. The molecule has 1 fully saturated rings. The molecule has 10 nitrogen and oxygen atoms in total. The van der Waals surface area contributed by atoms with Crippen LogP contribution >= 0.6 is 0 Å². The van der Waals surface area contributed by atoms with Crippen LogP contribution in [0.5, 0.6) is 0 Å².